The molecule has 0 aliphatic rings. The van der Waals surface area contributed by atoms with Crippen molar-refractivity contribution in [2.75, 3.05) is 7.11 Å². The van der Waals surface area contributed by atoms with Gasteiger partial charge in [-0.1, -0.05) is 11.6 Å². The Hall–Kier alpha value is -3.06. The number of halogens is 1. The number of benzene rings is 1. The summed E-state index contributed by atoms with van der Waals surface area (Å²) in [4.78, 5) is 20.4. The maximum atomic E-state index is 12.0. The second kappa shape index (κ2) is 8.09. The summed E-state index contributed by atoms with van der Waals surface area (Å²) < 4.78 is 6.70. The quantitative estimate of drug-likeness (QED) is 0.631. The largest absolute Gasteiger partial charge is 0.507 e. The monoisotopic (exact) mass is 387 g/mol. The van der Waals surface area contributed by atoms with Crippen molar-refractivity contribution in [1.82, 2.24) is 14.5 Å². The SMILES string of the molecule is COC(=O)c1c(O)cc(O)c(Cl)c1CCc1nccn1Cc1ccncc1. The number of esters is 1. The zero-order chi connectivity index (χ0) is 19.4. The molecule has 0 unspecified atom stereocenters. The number of aryl methyl sites for hydroxylation is 1. The lowest BCUT2D eigenvalue weighted by atomic mass is 10.0. The van der Waals surface area contributed by atoms with Crippen molar-refractivity contribution in [3.05, 3.63) is 70.5 Å². The molecular weight excluding hydrogens is 370 g/mol. The molecule has 0 atom stereocenters. The van der Waals surface area contributed by atoms with Crippen LogP contribution in [0.3, 0.4) is 0 Å². The van der Waals surface area contributed by atoms with Crippen molar-refractivity contribution in [1.29, 1.82) is 0 Å². The van der Waals surface area contributed by atoms with Crippen LogP contribution >= 0.6 is 11.6 Å². The van der Waals surface area contributed by atoms with E-state index in [0.29, 0.717) is 24.9 Å². The average molecular weight is 388 g/mol. The van der Waals surface area contributed by atoms with Gasteiger partial charge in [0.15, 0.2) is 0 Å². The number of phenolic OH excluding ortho intramolecular Hbond substituents is 2. The standard InChI is InChI=1S/C19H18ClN3O4/c1-27-19(26)17-13(18(20)15(25)10-14(17)24)2-3-16-22-8-9-23(16)11-12-4-6-21-7-5-12/h4-10,24-25H,2-3,11H2,1H3. The fraction of sp³-hybridized carbons (Fsp3) is 0.211. The van der Waals surface area contributed by atoms with Crippen molar-refractivity contribution >= 4 is 17.6 Å². The molecule has 0 bridgehead atoms. The molecule has 2 heterocycles. The topological polar surface area (TPSA) is 97.5 Å². The molecule has 0 spiro atoms. The van der Waals surface area contributed by atoms with Gasteiger partial charge in [-0.15, -0.1) is 0 Å². The molecule has 0 amide bonds. The Morgan fingerprint density at radius 3 is 2.63 bits per heavy atom. The van der Waals surface area contributed by atoms with Crippen molar-refractivity contribution in [2.24, 2.45) is 0 Å². The fourth-order valence-electron chi connectivity index (χ4n) is 2.88. The highest BCUT2D eigenvalue weighted by molar-refractivity contribution is 6.33. The van der Waals surface area contributed by atoms with Crippen LogP contribution < -0.4 is 0 Å². The molecule has 3 rings (SSSR count). The van der Waals surface area contributed by atoms with E-state index in [4.69, 9.17) is 16.3 Å². The summed E-state index contributed by atoms with van der Waals surface area (Å²) in [6.45, 7) is 0.626. The number of carbonyl (C=O) groups excluding carboxylic acids is 1. The molecule has 27 heavy (non-hydrogen) atoms. The minimum Gasteiger partial charge on any atom is -0.507 e. The molecule has 7 nitrogen and oxygen atoms in total. The van der Waals surface area contributed by atoms with E-state index in [0.717, 1.165) is 17.5 Å². The molecule has 3 aromatic rings. The fourth-order valence-corrected chi connectivity index (χ4v) is 3.13. The number of nitrogens with zero attached hydrogens (tertiary/aromatic N) is 3. The maximum absolute atomic E-state index is 12.0. The van der Waals surface area contributed by atoms with E-state index >= 15 is 0 Å². The van der Waals surface area contributed by atoms with Gasteiger partial charge in [-0.2, -0.15) is 0 Å². The third-order valence-electron chi connectivity index (χ3n) is 4.21. The Balaban J connectivity index is 1.86. The maximum Gasteiger partial charge on any atom is 0.341 e. The van der Waals surface area contributed by atoms with E-state index in [1.165, 1.54) is 7.11 Å². The van der Waals surface area contributed by atoms with E-state index < -0.39 is 5.97 Å². The summed E-state index contributed by atoms with van der Waals surface area (Å²) in [5.74, 6) is -0.609. The molecule has 8 heteroatoms. The lowest BCUT2D eigenvalue weighted by Gasteiger charge is -2.14. The zero-order valence-corrected chi connectivity index (χ0v) is 15.3. The van der Waals surface area contributed by atoms with Crippen LogP contribution in [-0.4, -0.2) is 37.8 Å². The Labute approximate surface area is 160 Å². The highest BCUT2D eigenvalue weighted by atomic mass is 35.5. The lowest BCUT2D eigenvalue weighted by Crippen LogP contribution is -2.10. The first-order valence-electron chi connectivity index (χ1n) is 8.21. The third-order valence-corrected chi connectivity index (χ3v) is 4.64. The van der Waals surface area contributed by atoms with Gasteiger partial charge in [0.05, 0.1) is 12.1 Å². The highest BCUT2D eigenvalue weighted by Gasteiger charge is 2.23. The third kappa shape index (κ3) is 4.03. The minimum absolute atomic E-state index is 0.0143. The first kappa shape index (κ1) is 18.7. The predicted molar refractivity (Wildman–Crippen MR) is 99.1 cm³/mol. The molecule has 0 saturated carbocycles. The van der Waals surface area contributed by atoms with E-state index in [1.807, 2.05) is 22.9 Å². The summed E-state index contributed by atoms with van der Waals surface area (Å²) in [6.07, 6.45) is 7.74. The van der Waals surface area contributed by atoms with Gasteiger partial charge in [0.2, 0.25) is 0 Å². The van der Waals surface area contributed by atoms with Crippen molar-refractivity contribution in [2.45, 2.75) is 19.4 Å². The lowest BCUT2D eigenvalue weighted by molar-refractivity contribution is 0.0596. The average Bonchev–Trinajstić information content (AvgIpc) is 3.10. The summed E-state index contributed by atoms with van der Waals surface area (Å²) in [5.41, 5.74) is 1.35. The number of imidazole rings is 1. The van der Waals surface area contributed by atoms with Crippen LogP contribution in [0.4, 0.5) is 0 Å². The number of phenols is 2. The summed E-state index contributed by atoms with van der Waals surface area (Å²) in [5, 5.41) is 20.0. The second-order valence-electron chi connectivity index (χ2n) is 5.90. The highest BCUT2D eigenvalue weighted by Crippen LogP contribution is 2.37. The van der Waals surface area contributed by atoms with Gasteiger partial charge in [-0.05, 0) is 29.7 Å². The Bertz CT molecular complexity index is 957. The Morgan fingerprint density at radius 2 is 1.93 bits per heavy atom. The summed E-state index contributed by atoms with van der Waals surface area (Å²) in [6, 6.07) is 4.87. The molecule has 2 N–H and O–H groups in total. The first-order chi connectivity index (χ1) is 13.0. The molecule has 0 fully saturated rings. The number of hydrogen-bond donors (Lipinski definition) is 2. The van der Waals surface area contributed by atoms with Gasteiger partial charge in [0.1, 0.15) is 22.9 Å². The van der Waals surface area contributed by atoms with E-state index in [2.05, 4.69) is 9.97 Å². The molecule has 140 valence electrons. The number of methoxy groups -OCH3 is 1. The first-order valence-corrected chi connectivity index (χ1v) is 8.59. The number of pyridine rings is 1. The Kier molecular flexibility index (Phi) is 5.61. The smallest absolute Gasteiger partial charge is 0.341 e. The number of aromatic hydroxyl groups is 2. The molecule has 0 radical (unpaired) electrons. The van der Waals surface area contributed by atoms with Gasteiger partial charge < -0.3 is 19.5 Å². The molecule has 2 aromatic heterocycles. The van der Waals surface area contributed by atoms with Gasteiger partial charge in [0, 0.05) is 43.8 Å². The number of hydrogen-bond acceptors (Lipinski definition) is 6. The van der Waals surface area contributed by atoms with E-state index in [9.17, 15) is 15.0 Å². The Morgan fingerprint density at radius 1 is 1.19 bits per heavy atom. The van der Waals surface area contributed by atoms with Crippen molar-refractivity contribution in [3.8, 4) is 11.5 Å². The van der Waals surface area contributed by atoms with Crippen molar-refractivity contribution < 1.29 is 19.7 Å². The number of carbonyl (C=O) groups is 1. The van der Waals surface area contributed by atoms with Crippen LogP contribution in [-0.2, 0) is 24.1 Å². The van der Waals surface area contributed by atoms with Crippen LogP contribution in [0.15, 0.2) is 43.0 Å². The van der Waals surface area contributed by atoms with Gasteiger partial charge in [-0.3, -0.25) is 4.98 Å². The van der Waals surface area contributed by atoms with E-state index in [1.54, 1.807) is 18.6 Å². The van der Waals surface area contributed by atoms with Crippen LogP contribution in [0.5, 0.6) is 11.5 Å². The molecule has 0 aliphatic heterocycles. The van der Waals surface area contributed by atoms with Crippen molar-refractivity contribution in [3.63, 3.8) is 0 Å². The van der Waals surface area contributed by atoms with Crippen LogP contribution in [0, 0.1) is 0 Å². The number of rotatable bonds is 6. The minimum atomic E-state index is -0.718. The number of ether oxygens (including phenoxy) is 1. The van der Waals surface area contributed by atoms with Crippen LogP contribution in [0.25, 0.3) is 0 Å². The van der Waals surface area contributed by atoms with Gasteiger partial charge in [-0.25, -0.2) is 9.78 Å². The summed E-state index contributed by atoms with van der Waals surface area (Å²) in [7, 11) is 1.22. The molecule has 0 aliphatic carbocycles. The molecule has 1 aromatic carbocycles. The molecule has 0 saturated heterocycles. The predicted octanol–water partition coefficient (Wildman–Crippen LogP) is 2.96. The second-order valence-corrected chi connectivity index (χ2v) is 6.28. The zero-order valence-electron chi connectivity index (χ0n) is 14.6. The van der Waals surface area contributed by atoms with Gasteiger partial charge in [0.25, 0.3) is 0 Å². The van der Waals surface area contributed by atoms with E-state index in [-0.39, 0.29) is 22.1 Å². The number of aromatic nitrogens is 3. The normalized spacial score (nSPS) is 10.7. The molecular formula is C19H18ClN3O4. The summed E-state index contributed by atoms with van der Waals surface area (Å²) >= 11 is 6.18. The van der Waals surface area contributed by atoms with Crippen LogP contribution in [0.1, 0.15) is 27.3 Å². The van der Waals surface area contributed by atoms with Crippen LogP contribution in [0.2, 0.25) is 5.02 Å². The van der Waals surface area contributed by atoms with Gasteiger partial charge >= 0.3 is 5.97 Å².